The second kappa shape index (κ2) is 6.88. The quantitative estimate of drug-likeness (QED) is 0.834. The summed E-state index contributed by atoms with van der Waals surface area (Å²) < 4.78 is 0. The molecule has 1 aromatic carbocycles. The Labute approximate surface area is 140 Å². The molecule has 22 heavy (non-hydrogen) atoms. The highest BCUT2D eigenvalue weighted by Gasteiger charge is 2.25. The molecule has 1 aliphatic heterocycles. The summed E-state index contributed by atoms with van der Waals surface area (Å²) in [5.41, 5.74) is 3.96. The number of amides is 1. The average molecular weight is 332 g/mol. The van der Waals surface area contributed by atoms with Crippen LogP contribution in [0.4, 0.5) is 0 Å². The SMILES string of the molecule is Cc1ccccc1CSC(C)C(=O)N1CCc2sccc2C1. The molecule has 2 nitrogen and oxygen atoms in total. The molecule has 0 saturated carbocycles. The smallest absolute Gasteiger partial charge is 0.235 e. The van der Waals surface area contributed by atoms with E-state index in [1.54, 1.807) is 11.8 Å². The standard InChI is InChI=1S/C18H21NOS2/c1-13-5-3-4-6-16(13)12-22-14(2)18(20)19-9-7-17-15(11-19)8-10-21-17/h3-6,8,10,14H,7,9,11-12H2,1-2H3. The molecule has 0 aliphatic carbocycles. The monoisotopic (exact) mass is 331 g/mol. The zero-order chi connectivity index (χ0) is 15.5. The maximum atomic E-state index is 12.6. The first-order chi connectivity index (χ1) is 10.6. The first-order valence-electron chi connectivity index (χ1n) is 7.65. The molecule has 3 rings (SSSR count). The van der Waals surface area contributed by atoms with Crippen molar-refractivity contribution in [2.45, 2.75) is 37.8 Å². The molecule has 0 fully saturated rings. The van der Waals surface area contributed by atoms with E-state index in [0.29, 0.717) is 0 Å². The van der Waals surface area contributed by atoms with Crippen LogP contribution in [0.3, 0.4) is 0 Å². The van der Waals surface area contributed by atoms with Crippen LogP contribution in [0.2, 0.25) is 0 Å². The highest BCUT2D eigenvalue weighted by atomic mass is 32.2. The molecule has 0 radical (unpaired) electrons. The molecule has 1 unspecified atom stereocenters. The van der Waals surface area contributed by atoms with E-state index in [1.807, 2.05) is 23.2 Å². The van der Waals surface area contributed by atoms with Crippen molar-refractivity contribution in [1.29, 1.82) is 0 Å². The van der Waals surface area contributed by atoms with E-state index in [0.717, 1.165) is 25.3 Å². The third-order valence-corrected chi connectivity index (χ3v) is 6.42. The molecule has 2 heterocycles. The Morgan fingerprint density at radius 2 is 2.18 bits per heavy atom. The van der Waals surface area contributed by atoms with E-state index in [2.05, 4.69) is 42.6 Å². The van der Waals surface area contributed by atoms with Crippen LogP contribution in [0.1, 0.15) is 28.5 Å². The maximum Gasteiger partial charge on any atom is 0.235 e. The van der Waals surface area contributed by atoms with Gasteiger partial charge < -0.3 is 4.90 Å². The molecule has 0 saturated heterocycles. The number of thioether (sulfide) groups is 1. The van der Waals surface area contributed by atoms with Gasteiger partial charge in [-0.1, -0.05) is 24.3 Å². The number of benzene rings is 1. The normalized spacial score (nSPS) is 15.5. The Balaban J connectivity index is 1.57. The molecule has 2 aromatic rings. The van der Waals surface area contributed by atoms with E-state index >= 15 is 0 Å². The van der Waals surface area contributed by atoms with Gasteiger partial charge in [0.05, 0.1) is 5.25 Å². The van der Waals surface area contributed by atoms with Crippen molar-refractivity contribution in [3.63, 3.8) is 0 Å². The topological polar surface area (TPSA) is 20.3 Å². The van der Waals surface area contributed by atoms with Gasteiger partial charge in [-0.25, -0.2) is 0 Å². The minimum atomic E-state index is 0.0137. The third-order valence-electron chi connectivity index (χ3n) is 4.22. The van der Waals surface area contributed by atoms with Crippen molar-refractivity contribution in [1.82, 2.24) is 4.90 Å². The number of hydrogen-bond donors (Lipinski definition) is 0. The summed E-state index contributed by atoms with van der Waals surface area (Å²) >= 11 is 3.55. The van der Waals surface area contributed by atoms with Crippen LogP contribution in [0.5, 0.6) is 0 Å². The fourth-order valence-corrected chi connectivity index (χ4v) is 4.69. The molecule has 0 bridgehead atoms. The van der Waals surface area contributed by atoms with Crippen LogP contribution in [-0.2, 0) is 23.5 Å². The Bertz CT molecular complexity index is 665. The van der Waals surface area contributed by atoms with Crippen LogP contribution < -0.4 is 0 Å². The van der Waals surface area contributed by atoms with Gasteiger partial charge in [0.25, 0.3) is 0 Å². The van der Waals surface area contributed by atoms with E-state index < -0.39 is 0 Å². The summed E-state index contributed by atoms with van der Waals surface area (Å²) in [6, 6.07) is 10.6. The summed E-state index contributed by atoms with van der Waals surface area (Å²) in [4.78, 5) is 16.1. The molecule has 0 spiro atoms. The van der Waals surface area contributed by atoms with Crippen molar-refractivity contribution in [2.75, 3.05) is 6.54 Å². The first kappa shape index (κ1) is 15.6. The fraction of sp³-hybridized carbons (Fsp3) is 0.389. The second-order valence-corrected chi connectivity index (χ2v) is 8.09. The van der Waals surface area contributed by atoms with Gasteiger partial charge >= 0.3 is 0 Å². The van der Waals surface area contributed by atoms with Gasteiger partial charge in [0.2, 0.25) is 5.91 Å². The maximum absolute atomic E-state index is 12.6. The zero-order valence-corrected chi connectivity index (χ0v) is 14.7. The number of carbonyl (C=O) groups is 1. The van der Waals surface area contributed by atoms with E-state index in [4.69, 9.17) is 0 Å². The number of thiophene rings is 1. The molecule has 1 atom stereocenters. The molecule has 116 valence electrons. The van der Waals surface area contributed by atoms with Crippen molar-refractivity contribution in [3.8, 4) is 0 Å². The molecule has 1 aromatic heterocycles. The minimum Gasteiger partial charge on any atom is -0.337 e. The Kier molecular flexibility index (Phi) is 4.89. The summed E-state index contributed by atoms with van der Waals surface area (Å²) in [6.07, 6.45) is 1.01. The van der Waals surface area contributed by atoms with Gasteiger partial charge in [-0.2, -0.15) is 0 Å². The van der Waals surface area contributed by atoms with E-state index in [1.165, 1.54) is 21.6 Å². The average Bonchev–Trinajstić information content (AvgIpc) is 3.00. The molecular weight excluding hydrogens is 310 g/mol. The lowest BCUT2D eigenvalue weighted by Crippen LogP contribution is -2.39. The minimum absolute atomic E-state index is 0.0137. The second-order valence-electron chi connectivity index (χ2n) is 5.76. The van der Waals surface area contributed by atoms with Crippen molar-refractivity contribution >= 4 is 29.0 Å². The lowest BCUT2D eigenvalue weighted by molar-refractivity contribution is -0.131. The lowest BCUT2D eigenvalue weighted by Gasteiger charge is -2.29. The fourth-order valence-electron chi connectivity index (χ4n) is 2.75. The summed E-state index contributed by atoms with van der Waals surface area (Å²) in [7, 11) is 0. The van der Waals surface area contributed by atoms with Crippen molar-refractivity contribution in [3.05, 3.63) is 57.3 Å². The number of fused-ring (bicyclic) bond motifs is 1. The third kappa shape index (κ3) is 3.39. The van der Waals surface area contributed by atoms with Crippen molar-refractivity contribution < 1.29 is 4.79 Å². The molecule has 4 heteroatoms. The zero-order valence-electron chi connectivity index (χ0n) is 13.0. The predicted molar refractivity (Wildman–Crippen MR) is 95.4 cm³/mol. The number of hydrogen-bond acceptors (Lipinski definition) is 3. The van der Waals surface area contributed by atoms with E-state index in [-0.39, 0.29) is 11.2 Å². The van der Waals surface area contributed by atoms with Crippen LogP contribution in [0.25, 0.3) is 0 Å². The number of nitrogens with zero attached hydrogens (tertiary/aromatic N) is 1. The predicted octanol–water partition coefficient (Wildman–Crippen LogP) is 4.26. The van der Waals surface area contributed by atoms with Gasteiger partial charge in [0.15, 0.2) is 0 Å². The summed E-state index contributed by atoms with van der Waals surface area (Å²) in [6.45, 7) is 5.81. The highest BCUT2D eigenvalue weighted by Crippen LogP contribution is 2.27. The Morgan fingerprint density at radius 1 is 1.36 bits per heavy atom. The van der Waals surface area contributed by atoms with Gasteiger partial charge in [-0.15, -0.1) is 23.1 Å². The molecule has 1 aliphatic rings. The largest absolute Gasteiger partial charge is 0.337 e. The van der Waals surface area contributed by atoms with E-state index in [9.17, 15) is 4.79 Å². The van der Waals surface area contributed by atoms with Crippen LogP contribution in [0.15, 0.2) is 35.7 Å². The first-order valence-corrected chi connectivity index (χ1v) is 9.58. The number of aryl methyl sites for hydroxylation is 1. The van der Waals surface area contributed by atoms with Gasteiger partial charge in [-0.3, -0.25) is 4.79 Å². The van der Waals surface area contributed by atoms with Gasteiger partial charge in [0, 0.05) is 23.7 Å². The van der Waals surface area contributed by atoms with Crippen LogP contribution in [0, 0.1) is 6.92 Å². The molecule has 0 N–H and O–H groups in total. The number of carbonyl (C=O) groups excluding carboxylic acids is 1. The molecule has 1 amide bonds. The van der Waals surface area contributed by atoms with Crippen molar-refractivity contribution in [2.24, 2.45) is 0 Å². The van der Waals surface area contributed by atoms with Crippen LogP contribution >= 0.6 is 23.1 Å². The Hall–Kier alpha value is -1.26. The number of rotatable bonds is 4. The van der Waals surface area contributed by atoms with Crippen LogP contribution in [-0.4, -0.2) is 22.6 Å². The summed E-state index contributed by atoms with van der Waals surface area (Å²) in [5, 5.41) is 2.15. The lowest BCUT2D eigenvalue weighted by atomic mass is 10.1. The van der Waals surface area contributed by atoms with Gasteiger partial charge in [0.1, 0.15) is 0 Å². The van der Waals surface area contributed by atoms with Gasteiger partial charge in [-0.05, 0) is 48.4 Å². The highest BCUT2D eigenvalue weighted by molar-refractivity contribution is 7.99. The molecular formula is C18H21NOS2. The summed E-state index contributed by atoms with van der Waals surface area (Å²) in [5.74, 6) is 1.17. The Morgan fingerprint density at radius 3 is 3.00 bits per heavy atom.